The Balaban J connectivity index is 0.000000199. The fourth-order valence-electron chi connectivity index (χ4n) is 11.1. The summed E-state index contributed by atoms with van der Waals surface area (Å²) in [6.45, 7) is 9.38. The number of amides is 3. The van der Waals surface area contributed by atoms with Gasteiger partial charge in [0, 0.05) is 57.1 Å². The van der Waals surface area contributed by atoms with E-state index in [2.05, 4.69) is 19.8 Å². The number of aromatic nitrogens is 2. The number of likely N-dealkylation sites (tertiary alicyclic amines) is 2. The summed E-state index contributed by atoms with van der Waals surface area (Å²) in [5.74, 6) is 0.698. The van der Waals surface area contributed by atoms with Crippen molar-refractivity contribution in [3.05, 3.63) is 96.1 Å². The molecule has 6 heterocycles. The second-order valence-electron chi connectivity index (χ2n) is 19.7. The molecular weight excluding hydrogens is 851 g/mol. The van der Waals surface area contributed by atoms with Crippen LogP contribution in [-0.2, 0) is 9.59 Å². The van der Waals surface area contributed by atoms with Gasteiger partial charge in [-0.15, -0.1) is 0 Å². The van der Waals surface area contributed by atoms with Gasteiger partial charge in [0.25, 0.3) is 11.8 Å². The number of aryl methyl sites for hydroxylation is 2. The van der Waals surface area contributed by atoms with E-state index in [-0.39, 0.29) is 47.1 Å². The van der Waals surface area contributed by atoms with Crippen LogP contribution in [0, 0.1) is 24.7 Å². The van der Waals surface area contributed by atoms with E-state index in [0.717, 1.165) is 140 Å². The Bertz CT molecular complexity index is 2150. The van der Waals surface area contributed by atoms with E-state index in [4.69, 9.17) is 14.0 Å². The van der Waals surface area contributed by atoms with Crippen molar-refractivity contribution in [3.63, 3.8) is 0 Å². The molecule has 0 atom stereocenters. The first kappa shape index (κ1) is 49.5. The Labute approximate surface area is 395 Å². The van der Waals surface area contributed by atoms with E-state index in [1.165, 1.54) is 25.4 Å². The van der Waals surface area contributed by atoms with Crippen molar-refractivity contribution >= 4 is 35.3 Å². The van der Waals surface area contributed by atoms with E-state index >= 15 is 0 Å². The van der Waals surface area contributed by atoms with Crippen molar-refractivity contribution in [2.24, 2.45) is 10.8 Å². The summed E-state index contributed by atoms with van der Waals surface area (Å²) in [5, 5.41) is 18.5. The maximum absolute atomic E-state index is 13.3. The first-order valence-corrected chi connectivity index (χ1v) is 24.6. The Morgan fingerprint density at radius 3 is 1.40 bits per heavy atom. The molecule has 362 valence electrons. The molecule has 2 aliphatic heterocycles. The van der Waals surface area contributed by atoms with Gasteiger partial charge in [-0.2, -0.15) is 0 Å². The number of nitrogens with zero attached hydrogens (tertiary/aromatic N) is 6. The Kier molecular flexibility index (Phi) is 17.4. The molecule has 0 spiro atoms. The van der Waals surface area contributed by atoms with Gasteiger partial charge in [-0.05, 0) is 150 Å². The number of rotatable bonds is 16. The molecule has 4 fully saturated rings. The van der Waals surface area contributed by atoms with Gasteiger partial charge < -0.3 is 23.7 Å². The molecule has 2 saturated heterocycles. The normalized spacial score (nSPS) is 19.1. The molecule has 8 rings (SSSR count). The quantitative estimate of drug-likeness (QED) is 0.0716. The number of carbonyl (C=O) groups excluding carboxylic acids is 3. The van der Waals surface area contributed by atoms with E-state index in [1.54, 1.807) is 46.5 Å². The third-order valence-electron chi connectivity index (χ3n) is 15.0. The van der Waals surface area contributed by atoms with Crippen LogP contribution < -0.4 is 15.3 Å². The lowest BCUT2D eigenvalue weighted by molar-refractivity contribution is -0.140. The second kappa shape index (κ2) is 23.6. The number of hydrogen-bond donors (Lipinski definition) is 3. The van der Waals surface area contributed by atoms with Crippen LogP contribution in [0.5, 0.6) is 0 Å². The van der Waals surface area contributed by atoms with Crippen molar-refractivity contribution in [1.82, 2.24) is 25.2 Å². The lowest BCUT2D eigenvalue weighted by Crippen LogP contribution is -2.48. The molecule has 15 nitrogen and oxygen atoms in total. The van der Waals surface area contributed by atoms with Crippen LogP contribution in [-0.4, -0.2) is 105 Å². The van der Waals surface area contributed by atoms with Crippen LogP contribution in [0.15, 0.2) is 82.3 Å². The van der Waals surface area contributed by atoms with Gasteiger partial charge in [0.15, 0.2) is 11.5 Å². The molecule has 0 radical (unpaired) electrons. The summed E-state index contributed by atoms with van der Waals surface area (Å²) in [6.07, 6.45) is 23.8. The summed E-state index contributed by atoms with van der Waals surface area (Å²) in [7, 11) is 0. The van der Waals surface area contributed by atoms with Crippen molar-refractivity contribution in [1.29, 1.82) is 0 Å². The van der Waals surface area contributed by atoms with Crippen molar-refractivity contribution in [2.45, 2.75) is 142 Å². The van der Waals surface area contributed by atoms with Crippen molar-refractivity contribution in [3.8, 4) is 0 Å². The number of carbonyl (C=O) groups is 4. The summed E-state index contributed by atoms with van der Waals surface area (Å²) < 4.78 is 10.8. The molecule has 0 bridgehead atoms. The third kappa shape index (κ3) is 13.4. The number of hydrogen-bond acceptors (Lipinski definition) is 11. The minimum Gasteiger partial charge on any atom is -0.481 e. The molecule has 4 aromatic heterocycles. The summed E-state index contributed by atoms with van der Waals surface area (Å²) in [6, 6.07) is 14.7. The summed E-state index contributed by atoms with van der Waals surface area (Å²) >= 11 is 0. The Morgan fingerprint density at radius 1 is 0.642 bits per heavy atom. The average molecular weight is 922 g/mol. The molecule has 0 unspecified atom stereocenters. The number of piperidine rings is 2. The smallest absolute Gasteiger partial charge is 0.303 e. The Morgan fingerprint density at radius 2 is 1.06 bits per heavy atom. The van der Waals surface area contributed by atoms with Gasteiger partial charge >= 0.3 is 5.97 Å². The Hall–Kier alpha value is -5.38. The van der Waals surface area contributed by atoms with Gasteiger partial charge in [-0.1, -0.05) is 50.7 Å². The molecule has 4 aromatic rings. The molecule has 3 N–H and O–H groups in total. The van der Waals surface area contributed by atoms with Crippen molar-refractivity contribution in [2.75, 3.05) is 49.1 Å². The van der Waals surface area contributed by atoms with Crippen LogP contribution in [0.25, 0.3) is 0 Å². The third-order valence-corrected chi connectivity index (χ3v) is 15.0. The topological polar surface area (TPSA) is 186 Å². The molecule has 3 amide bonds. The number of anilines is 2. The van der Waals surface area contributed by atoms with E-state index in [9.17, 15) is 24.3 Å². The highest BCUT2D eigenvalue weighted by Crippen LogP contribution is 2.44. The fraction of sp³-hybridized carbons (Fsp3) is 0.577. The SMILES string of the molecule is Cc1ccc(N(C(=O)c2ccco2)C2CCN(CCC3(CC(=O)NO)CCCCC3)CC2)nc1.Cc1ccc(N(C(=O)c2ccco2)C2CCN(CCC3(CC(=O)O)CCCCC3)CC2)nc1. The maximum atomic E-state index is 13.3. The number of aliphatic carboxylic acids is 1. The maximum Gasteiger partial charge on any atom is 0.303 e. The molecule has 0 aromatic carbocycles. The number of nitrogens with one attached hydrogen (secondary N) is 1. The minimum absolute atomic E-state index is 0.0188. The zero-order valence-corrected chi connectivity index (χ0v) is 39.6. The number of carboxylic acid groups (broad SMARTS) is 1. The number of carboxylic acids is 1. The van der Waals surface area contributed by atoms with Crippen LogP contribution >= 0.6 is 0 Å². The molecular formula is C52H71N7O8. The minimum atomic E-state index is -0.673. The number of pyridine rings is 2. The fourth-order valence-corrected chi connectivity index (χ4v) is 11.1. The molecule has 2 aliphatic carbocycles. The van der Waals surface area contributed by atoms with E-state index in [1.807, 2.05) is 43.6 Å². The van der Waals surface area contributed by atoms with Gasteiger partial charge in [0.05, 0.1) is 18.9 Å². The molecule has 15 heteroatoms. The van der Waals surface area contributed by atoms with Gasteiger partial charge in [0.1, 0.15) is 11.6 Å². The van der Waals surface area contributed by atoms with Gasteiger partial charge in [-0.3, -0.25) is 34.2 Å². The standard InChI is InChI=1S/C26H36N4O4.C26H35N3O4/c1-20-7-8-23(27-19-20)30(25(32)22-6-5-17-34-22)21-9-14-29(15-10-21)16-13-26(18-24(31)28-33)11-3-2-4-12-26;1-20-7-8-23(27-19-20)29(25(32)22-6-5-17-33-22)21-9-14-28(15-10-21)16-13-26(18-24(30)31)11-3-2-4-12-26/h5-8,17,19,21,33H,2-4,9-16,18H2,1H3,(H,28,31);5-8,17,19,21H,2-4,9-16,18H2,1H3,(H,30,31). The monoisotopic (exact) mass is 922 g/mol. The predicted octanol–water partition coefficient (Wildman–Crippen LogP) is 9.24. The highest BCUT2D eigenvalue weighted by molar-refractivity contribution is 6.04. The highest BCUT2D eigenvalue weighted by Gasteiger charge is 2.38. The zero-order valence-electron chi connectivity index (χ0n) is 39.6. The second-order valence-corrected chi connectivity index (χ2v) is 19.7. The van der Waals surface area contributed by atoms with Crippen LogP contribution in [0.4, 0.5) is 11.6 Å². The van der Waals surface area contributed by atoms with Crippen LogP contribution in [0.3, 0.4) is 0 Å². The molecule has 67 heavy (non-hydrogen) atoms. The van der Waals surface area contributed by atoms with Crippen LogP contribution in [0.2, 0.25) is 0 Å². The zero-order chi connectivity index (χ0) is 47.2. The average Bonchev–Trinajstić information content (AvgIpc) is 4.10. The first-order chi connectivity index (χ1) is 32.4. The predicted molar refractivity (Wildman–Crippen MR) is 255 cm³/mol. The van der Waals surface area contributed by atoms with Gasteiger partial charge in [-0.25, -0.2) is 15.4 Å². The summed E-state index contributed by atoms with van der Waals surface area (Å²) in [5.41, 5.74) is 3.87. The summed E-state index contributed by atoms with van der Waals surface area (Å²) in [4.78, 5) is 67.6. The van der Waals surface area contributed by atoms with E-state index in [0.29, 0.717) is 29.6 Å². The lowest BCUT2D eigenvalue weighted by atomic mass is 9.69. The van der Waals surface area contributed by atoms with E-state index < -0.39 is 5.97 Å². The van der Waals surface area contributed by atoms with Gasteiger partial charge in [0.2, 0.25) is 5.91 Å². The number of hydroxylamine groups is 1. The number of furan rings is 2. The van der Waals surface area contributed by atoms with Crippen LogP contribution in [0.1, 0.15) is 148 Å². The largest absolute Gasteiger partial charge is 0.481 e. The lowest BCUT2D eigenvalue weighted by Gasteiger charge is -2.41. The molecule has 4 aliphatic rings. The molecule has 2 saturated carbocycles. The first-order valence-electron chi connectivity index (χ1n) is 24.6. The highest BCUT2D eigenvalue weighted by atomic mass is 16.5. The van der Waals surface area contributed by atoms with Crippen molar-refractivity contribution < 1.29 is 38.3 Å².